The van der Waals surface area contributed by atoms with Gasteiger partial charge in [-0.1, -0.05) is 29.8 Å². The number of hydrogen-bond acceptors (Lipinski definition) is 2. The van der Waals surface area contributed by atoms with Crippen molar-refractivity contribution in [2.75, 3.05) is 18.4 Å². The van der Waals surface area contributed by atoms with Gasteiger partial charge in [-0.3, -0.25) is 9.59 Å². The molecule has 0 aliphatic heterocycles. The summed E-state index contributed by atoms with van der Waals surface area (Å²) >= 11 is 6.05. The lowest BCUT2D eigenvalue weighted by Gasteiger charge is -2.21. The molecule has 2 aromatic rings. The number of carbonyl (C=O) groups is 2. The van der Waals surface area contributed by atoms with Crippen LogP contribution in [-0.4, -0.2) is 29.8 Å². The summed E-state index contributed by atoms with van der Waals surface area (Å²) < 4.78 is 12.9. The van der Waals surface area contributed by atoms with Crippen molar-refractivity contribution in [3.8, 4) is 0 Å². The molecule has 0 aliphatic rings. The first-order valence-corrected chi connectivity index (χ1v) is 8.79. The van der Waals surface area contributed by atoms with E-state index in [1.54, 1.807) is 29.2 Å². The summed E-state index contributed by atoms with van der Waals surface area (Å²) in [6, 6.07) is 11.5. The van der Waals surface area contributed by atoms with Crippen LogP contribution >= 0.6 is 11.6 Å². The summed E-state index contributed by atoms with van der Waals surface area (Å²) in [5.74, 6) is -0.568. The lowest BCUT2D eigenvalue weighted by atomic mass is 10.1. The Balaban J connectivity index is 1.84. The van der Waals surface area contributed by atoms with Crippen LogP contribution in [0.4, 0.5) is 10.1 Å². The van der Waals surface area contributed by atoms with E-state index in [4.69, 9.17) is 11.6 Å². The van der Waals surface area contributed by atoms with Gasteiger partial charge in [-0.2, -0.15) is 0 Å². The van der Waals surface area contributed by atoms with Crippen LogP contribution in [0.2, 0.25) is 5.02 Å². The van der Waals surface area contributed by atoms with Gasteiger partial charge in [-0.25, -0.2) is 4.39 Å². The van der Waals surface area contributed by atoms with Crippen molar-refractivity contribution in [2.24, 2.45) is 0 Å². The summed E-state index contributed by atoms with van der Waals surface area (Å²) in [6.45, 7) is 4.16. The first-order chi connectivity index (χ1) is 12.3. The number of nitrogens with one attached hydrogen (secondary N) is 1. The predicted octanol–water partition coefficient (Wildman–Crippen LogP) is 4.21. The van der Waals surface area contributed by atoms with Crippen molar-refractivity contribution >= 4 is 29.1 Å². The Kier molecular flexibility index (Phi) is 7.16. The molecule has 2 amide bonds. The van der Waals surface area contributed by atoms with Gasteiger partial charge in [0.05, 0.1) is 0 Å². The zero-order valence-electron chi connectivity index (χ0n) is 14.9. The maximum Gasteiger partial charge on any atom is 0.226 e. The van der Waals surface area contributed by atoms with E-state index in [2.05, 4.69) is 5.32 Å². The minimum atomic E-state index is -0.287. The van der Waals surface area contributed by atoms with Crippen LogP contribution in [-0.2, 0) is 16.0 Å². The third kappa shape index (κ3) is 6.15. The summed E-state index contributed by atoms with van der Waals surface area (Å²) in [5.41, 5.74) is 2.51. The quantitative estimate of drug-likeness (QED) is 0.787. The van der Waals surface area contributed by atoms with Crippen LogP contribution in [0.3, 0.4) is 0 Å². The molecule has 0 heterocycles. The number of rotatable bonds is 7. The van der Waals surface area contributed by atoms with E-state index in [0.29, 0.717) is 30.2 Å². The first-order valence-electron chi connectivity index (χ1n) is 8.41. The van der Waals surface area contributed by atoms with Gasteiger partial charge in [0.2, 0.25) is 11.8 Å². The average molecular weight is 377 g/mol. The highest BCUT2D eigenvalue weighted by Crippen LogP contribution is 2.20. The minimum Gasteiger partial charge on any atom is -0.342 e. The van der Waals surface area contributed by atoms with Crippen LogP contribution in [0.5, 0.6) is 0 Å². The van der Waals surface area contributed by atoms with Gasteiger partial charge in [0, 0.05) is 37.1 Å². The molecule has 0 atom stereocenters. The Bertz CT molecular complexity index is 778. The molecule has 0 bridgehead atoms. The molecular formula is C20H22ClFN2O2. The molecule has 26 heavy (non-hydrogen) atoms. The molecule has 138 valence electrons. The fraction of sp³-hybridized carbons (Fsp3) is 0.300. The summed E-state index contributed by atoms with van der Waals surface area (Å²) in [5, 5.41) is 3.37. The maximum atomic E-state index is 12.9. The van der Waals surface area contributed by atoms with E-state index < -0.39 is 0 Å². The molecule has 0 unspecified atom stereocenters. The number of nitrogens with zero attached hydrogens (tertiary/aromatic N) is 1. The van der Waals surface area contributed by atoms with Gasteiger partial charge in [-0.15, -0.1) is 0 Å². The van der Waals surface area contributed by atoms with Crippen molar-refractivity contribution in [3.63, 3.8) is 0 Å². The highest BCUT2D eigenvalue weighted by Gasteiger charge is 2.12. The Morgan fingerprint density at radius 2 is 1.81 bits per heavy atom. The second-order valence-electron chi connectivity index (χ2n) is 6.14. The van der Waals surface area contributed by atoms with Crippen molar-refractivity contribution in [3.05, 3.63) is 64.4 Å². The van der Waals surface area contributed by atoms with Crippen molar-refractivity contribution < 1.29 is 14.0 Å². The van der Waals surface area contributed by atoms with Crippen LogP contribution < -0.4 is 5.32 Å². The molecule has 0 spiro atoms. The van der Waals surface area contributed by atoms with Gasteiger partial charge in [0.1, 0.15) is 5.82 Å². The lowest BCUT2D eigenvalue weighted by molar-refractivity contribution is -0.129. The molecule has 0 radical (unpaired) electrons. The van der Waals surface area contributed by atoms with E-state index in [0.717, 1.165) is 11.1 Å². The molecule has 0 saturated carbocycles. The second kappa shape index (κ2) is 9.34. The molecule has 4 nitrogen and oxygen atoms in total. The Morgan fingerprint density at radius 3 is 2.42 bits per heavy atom. The number of anilines is 1. The maximum absolute atomic E-state index is 12.9. The lowest BCUT2D eigenvalue weighted by Crippen LogP contribution is -2.33. The summed E-state index contributed by atoms with van der Waals surface area (Å²) in [7, 11) is 0. The Morgan fingerprint density at radius 1 is 1.12 bits per heavy atom. The standard InChI is InChI=1S/C20H22ClFN2O2/c1-14-3-8-18(13-19(14)21)23-20(26)10-12-24(15(2)25)11-9-16-4-6-17(22)7-5-16/h3-8,13H,9-12H2,1-2H3,(H,23,26). The number of amides is 2. The highest BCUT2D eigenvalue weighted by atomic mass is 35.5. The molecule has 6 heteroatoms. The number of carbonyl (C=O) groups excluding carboxylic acids is 2. The topological polar surface area (TPSA) is 49.4 Å². The number of halogens is 2. The van der Waals surface area contributed by atoms with Gasteiger partial charge >= 0.3 is 0 Å². The summed E-state index contributed by atoms with van der Waals surface area (Å²) in [6.07, 6.45) is 0.795. The molecule has 0 aliphatic carbocycles. The number of benzene rings is 2. The zero-order chi connectivity index (χ0) is 19.1. The fourth-order valence-corrected chi connectivity index (χ4v) is 2.65. The smallest absolute Gasteiger partial charge is 0.226 e. The molecule has 0 saturated heterocycles. The average Bonchev–Trinajstić information content (AvgIpc) is 2.59. The molecule has 0 fully saturated rings. The van der Waals surface area contributed by atoms with Crippen LogP contribution in [0.1, 0.15) is 24.5 Å². The van der Waals surface area contributed by atoms with Crippen LogP contribution in [0.15, 0.2) is 42.5 Å². The molecule has 0 aromatic heterocycles. The molecule has 2 rings (SSSR count). The van der Waals surface area contributed by atoms with Crippen molar-refractivity contribution in [1.29, 1.82) is 0 Å². The molecule has 1 N–H and O–H groups in total. The summed E-state index contributed by atoms with van der Waals surface area (Å²) in [4.78, 5) is 25.5. The van der Waals surface area contributed by atoms with E-state index in [1.807, 2.05) is 13.0 Å². The largest absolute Gasteiger partial charge is 0.342 e. The molecule has 2 aromatic carbocycles. The van der Waals surface area contributed by atoms with Gasteiger partial charge in [-0.05, 0) is 48.7 Å². The minimum absolute atomic E-state index is 0.0988. The Hall–Kier alpha value is -2.40. The van der Waals surface area contributed by atoms with Crippen LogP contribution in [0.25, 0.3) is 0 Å². The van der Waals surface area contributed by atoms with Gasteiger partial charge in [0.15, 0.2) is 0 Å². The zero-order valence-corrected chi connectivity index (χ0v) is 15.6. The van der Waals surface area contributed by atoms with Gasteiger partial charge in [0.25, 0.3) is 0 Å². The van der Waals surface area contributed by atoms with E-state index in [1.165, 1.54) is 19.1 Å². The van der Waals surface area contributed by atoms with Crippen molar-refractivity contribution in [2.45, 2.75) is 26.7 Å². The Labute approximate surface area is 158 Å². The first kappa shape index (κ1) is 19.9. The van der Waals surface area contributed by atoms with Gasteiger partial charge < -0.3 is 10.2 Å². The van der Waals surface area contributed by atoms with Crippen molar-refractivity contribution in [1.82, 2.24) is 4.90 Å². The fourth-order valence-electron chi connectivity index (χ4n) is 2.47. The number of hydrogen-bond donors (Lipinski definition) is 1. The van der Waals surface area contributed by atoms with E-state index in [-0.39, 0.29) is 24.1 Å². The number of aryl methyl sites for hydroxylation is 1. The monoisotopic (exact) mass is 376 g/mol. The second-order valence-corrected chi connectivity index (χ2v) is 6.55. The predicted molar refractivity (Wildman–Crippen MR) is 102 cm³/mol. The SMILES string of the molecule is CC(=O)N(CCC(=O)Nc1ccc(C)c(Cl)c1)CCc1ccc(F)cc1. The third-order valence-corrected chi connectivity index (χ3v) is 4.50. The molecular weight excluding hydrogens is 355 g/mol. The van der Waals surface area contributed by atoms with E-state index in [9.17, 15) is 14.0 Å². The normalized spacial score (nSPS) is 10.5. The highest BCUT2D eigenvalue weighted by molar-refractivity contribution is 6.31. The third-order valence-electron chi connectivity index (χ3n) is 4.09. The van der Waals surface area contributed by atoms with E-state index >= 15 is 0 Å². The van der Waals surface area contributed by atoms with Crippen LogP contribution in [0, 0.1) is 12.7 Å².